The minimum Gasteiger partial charge on any atom is -0.478 e. The zero-order valence-corrected chi connectivity index (χ0v) is 15.9. The molecule has 8 heteroatoms. The van der Waals surface area contributed by atoms with Crippen molar-refractivity contribution in [1.82, 2.24) is 4.98 Å². The van der Waals surface area contributed by atoms with E-state index >= 15 is 0 Å². The van der Waals surface area contributed by atoms with Crippen LogP contribution in [0.3, 0.4) is 0 Å². The number of aromatic nitrogens is 1. The summed E-state index contributed by atoms with van der Waals surface area (Å²) in [6, 6.07) is 8.38. The van der Waals surface area contributed by atoms with Crippen LogP contribution in [0.4, 0.5) is 0 Å². The molecule has 0 saturated heterocycles. The Morgan fingerprint density at radius 3 is 2.59 bits per heavy atom. The molecule has 0 bridgehead atoms. The minimum absolute atomic E-state index is 0.0539. The number of nitrogens with zero attached hydrogens (tertiary/aromatic N) is 2. The number of aromatic carboxylic acids is 1. The van der Waals surface area contributed by atoms with Crippen LogP contribution in [0.5, 0.6) is 0 Å². The Morgan fingerprint density at radius 2 is 1.93 bits per heavy atom. The molecule has 0 spiro atoms. The SMILES string of the molecule is Cc1nc2c(C3=NOC(C)(c4cc(Cl)cc(Cl)c4)C3)ccc(C(=O)O)c2o1. The number of hydrogen-bond donors (Lipinski definition) is 1. The lowest BCUT2D eigenvalue weighted by Gasteiger charge is -2.22. The summed E-state index contributed by atoms with van der Waals surface area (Å²) in [6.07, 6.45) is 0.442. The fraction of sp³-hybridized carbons (Fsp3) is 0.211. The average molecular weight is 405 g/mol. The van der Waals surface area contributed by atoms with Crippen molar-refractivity contribution in [3.05, 3.63) is 63.0 Å². The van der Waals surface area contributed by atoms with Crippen molar-refractivity contribution in [2.45, 2.75) is 25.9 Å². The van der Waals surface area contributed by atoms with E-state index in [1.165, 1.54) is 6.07 Å². The second-order valence-electron chi connectivity index (χ2n) is 6.57. The molecule has 0 radical (unpaired) electrons. The van der Waals surface area contributed by atoms with E-state index in [1.807, 2.05) is 6.92 Å². The molecule has 27 heavy (non-hydrogen) atoms. The number of benzene rings is 2. The summed E-state index contributed by atoms with van der Waals surface area (Å²) in [5.74, 6) is -0.699. The summed E-state index contributed by atoms with van der Waals surface area (Å²) in [5, 5.41) is 14.6. The van der Waals surface area contributed by atoms with E-state index in [0.717, 1.165) is 5.56 Å². The van der Waals surface area contributed by atoms with Crippen molar-refractivity contribution in [3.63, 3.8) is 0 Å². The van der Waals surface area contributed by atoms with Gasteiger partial charge >= 0.3 is 5.97 Å². The first-order chi connectivity index (χ1) is 12.8. The van der Waals surface area contributed by atoms with Gasteiger partial charge in [-0.1, -0.05) is 28.4 Å². The van der Waals surface area contributed by atoms with Crippen molar-refractivity contribution < 1.29 is 19.2 Å². The molecule has 1 atom stereocenters. The van der Waals surface area contributed by atoms with Crippen LogP contribution >= 0.6 is 23.2 Å². The summed E-state index contributed by atoms with van der Waals surface area (Å²) in [7, 11) is 0. The normalized spacial score (nSPS) is 19.2. The maximum atomic E-state index is 11.4. The standard InChI is InChI=1S/C19H14Cl2N2O4/c1-9-22-16-13(3-4-14(18(24)25)17(16)26-9)15-8-19(2,27-23-15)10-5-11(20)7-12(21)6-10/h3-7H,8H2,1-2H3,(H,24,25). The van der Waals surface area contributed by atoms with Crippen LogP contribution in [0.25, 0.3) is 11.1 Å². The van der Waals surface area contributed by atoms with Crippen molar-refractivity contribution >= 4 is 46.0 Å². The van der Waals surface area contributed by atoms with Gasteiger partial charge in [-0.15, -0.1) is 0 Å². The maximum Gasteiger partial charge on any atom is 0.339 e. The summed E-state index contributed by atoms with van der Waals surface area (Å²) in [6.45, 7) is 3.56. The van der Waals surface area contributed by atoms with E-state index < -0.39 is 11.6 Å². The Labute approximate surface area is 164 Å². The first kappa shape index (κ1) is 17.8. The molecule has 2 heterocycles. The summed E-state index contributed by atoms with van der Waals surface area (Å²) in [5.41, 5.74) is 2.09. The number of carboxylic acid groups (broad SMARTS) is 1. The quantitative estimate of drug-likeness (QED) is 0.649. The third kappa shape index (κ3) is 3.05. The smallest absolute Gasteiger partial charge is 0.339 e. The molecule has 1 aromatic heterocycles. The van der Waals surface area contributed by atoms with Gasteiger partial charge in [0.25, 0.3) is 0 Å². The zero-order chi connectivity index (χ0) is 19.3. The van der Waals surface area contributed by atoms with Crippen molar-refractivity contribution in [2.75, 3.05) is 0 Å². The summed E-state index contributed by atoms with van der Waals surface area (Å²) >= 11 is 12.2. The number of oxime groups is 1. The monoisotopic (exact) mass is 404 g/mol. The van der Waals surface area contributed by atoms with Gasteiger partial charge in [-0.05, 0) is 37.3 Å². The predicted octanol–water partition coefficient (Wildman–Crippen LogP) is 5.18. The highest BCUT2D eigenvalue weighted by molar-refractivity contribution is 6.34. The Kier molecular flexibility index (Phi) is 4.13. The Morgan fingerprint density at radius 1 is 1.22 bits per heavy atom. The van der Waals surface area contributed by atoms with E-state index in [9.17, 15) is 9.90 Å². The molecule has 4 rings (SSSR count). The van der Waals surface area contributed by atoms with Gasteiger partial charge in [0.2, 0.25) is 0 Å². The third-order valence-corrected chi connectivity index (χ3v) is 4.96. The number of carboxylic acids is 1. The van der Waals surface area contributed by atoms with Gasteiger partial charge < -0.3 is 14.4 Å². The van der Waals surface area contributed by atoms with Gasteiger partial charge in [0.1, 0.15) is 11.1 Å². The van der Waals surface area contributed by atoms with Crippen LogP contribution in [-0.4, -0.2) is 21.8 Å². The lowest BCUT2D eigenvalue weighted by atomic mass is 9.88. The molecule has 0 fully saturated rings. The first-order valence-electron chi connectivity index (χ1n) is 8.12. The number of oxazole rings is 1. The Balaban J connectivity index is 1.76. The van der Waals surface area contributed by atoms with Crippen molar-refractivity contribution in [3.8, 4) is 0 Å². The molecule has 0 aliphatic carbocycles. The second kappa shape index (κ2) is 6.25. The zero-order valence-electron chi connectivity index (χ0n) is 14.4. The number of rotatable bonds is 3. The highest BCUT2D eigenvalue weighted by Crippen LogP contribution is 2.39. The first-order valence-corrected chi connectivity index (χ1v) is 8.88. The molecular formula is C19H14Cl2N2O4. The van der Waals surface area contributed by atoms with Crippen LogP contribution in [0, 0.1) is 6.92 Å². The predicted molar refractivity (Wildman–Crippen MR) is 102 cm³/mol. The highest BCUT2D eigenvalue weighted by Gasteiger charge is 2.38. The number of hydrogen-bond acceptors (Lipinski definition) is 5. The summed E-state index contributed by atoms with van der Waals surface area (Å²) in [4.78, 5) is 21.5. The Hall–Kier alpha value is -2.57. The molecule has 1 aliphatic rings. The van der Waals surface area contributed by atoms with Gasteiger partial charge in [0, 0.05) is 34.5 Å². The number of halogens is 2. The molecule has 0 amide bonds. The molecule has 0 saturated carbocycles. The van der Waals surface area contributed by atoms with Gasteiger partial charge in [0.05, 0.1) is 5.71 Å². The fourth-order valence-corrected chi connectivity index (χ4v) is 3.74. The lowest BCUT2D eigenvalue weighted by molar-refractivity contribution is -0.00737. The molecular weight excluding hydrogens is 391 g/mol. The van der Waals surface area contributed by atoms with E-state index in [0.29, 0.717) is 39.1 Å². The van der Waals surface area contributed by atoms with Crippen LogP contribution < -0.4 is 0 Å². The van der Waals surface area contributed by atoms with E-state index in [1.54, 1.807) is 31.2 Å². The van der Waals surface area contributed by atoms with Gasteiger partial charge in [-0.2, -0.15) is 0 Å². The third-order valence-electron chi connectivity index (χ3n) is 4.53. The number of carbonyl (C=O) groups is 1. The minimum atomic E-state index is -1.08. The largest absolute Gasteiger partial charge is 0.478 e. The van der Waals surface area contributed by atoms with Gasteiger partial charge in [-0.3, -0.25) is 0 Å². The topological polar surface area (TPSA) is 84.9 Å². The Bertz CT molecular complexity index is 1100. The molecule has 138 valence electrons. The molecule has 1 unspecified atom stereocenters. The van der Waals surface area contributed by atoms with Crippen LogP contribution in [0.2, 0.25) is 10.0 Å². The van der Waals surface area contributed by atoms with E-state index in [2.05, 4.69) is 10.1 Å². The highest BCUT2D eigenvalue weighted by atomic mass is 35.5. The molecule has 2 aromatic carbocycles. The molecule has 1 aliphatic heterocycles. The lowest BCUT2D eigenvalue weighted by Crippen LogP contribution is -2.22. The number of aryl methyl sites for hydroxylation is 1. The fourth-order valence-electron chi connectivity index (χ4n) is 3.21. The van der Waals surface area contributed by atoms with Crippen molar-refractivity contribution in [2.24, 2.45) is 5.16 Å². The average Bonchev–Trinajstić information content (AvgIpc) is 3.16. The maximum absolute atomic E-state index is 11.4. The molecule has 1 N–H and O–H groups in total. The van der Waals surface area contributed by atoms with E-state index in [4.69, 9.17) is 32.5 Å². The molecule has 3 aromatic rings. The van der Waals surface area contributed by atoms with Gasteiger partial charge in [-0.25, -0.2) is 9.78 Å². The van der Waals surface area contributed by atoms with Crippen LogP contribution in [-0.2, 0) is 10.4 Å². The van der Waals surface area contributed by atoms with Crippen LogP contribution in [0.15, 0.2) is 39.9 Å². The van der Waals surface area contributed by atoms with E-state index in [-0.39, 0.29) is 11.1 Å². The molecule has 6 nitrogen and oxygen atoms in total. The number of fused-ring (bicyclic) bond motifs is 1. The summed E-state index contributed by atoms with van der Waals surface area (Å²) < 4.78 is 5.51. The van der Waals surface area contributed by atoms with Crippen molar-refractivity contribution in [1.29, 1.82) is 0 Å². The van der Waals surface area contributed by atoms with Crippen LogP contribution in [0.1, 0.15) is 40.7 Å². The second-order valence-corrected chi connectivity index (χ2v) is 7.44. The van der Waals surface area contributed by atoms with Gasteiger partial charge in [0.15, 0.2) is 17.1 Å².